The van der Waals surface area contributed by atoms with Gasteiger partial charge in [-0.05, 0) is 43.5 Å². The molecule has 2 N–H and O–H groups in total. The van der Waals surface area contributed by atoms with Crippen LogP contribution in [0.4, 0.5) is 0 Å². The van der Waals surface area contributed by atoms with Crippen LogP contribution >= 0.6 is 0 Å². The van der Waals surface area contributed by atoms with Gasteiger partial charge >= 0.3 is 0 Å². The van der Waals surface area contributed by atoms with Crippen molar-refractivity contribution in [2.45, 2.75) is 19.8 Å². The molecule has 0 saturated carbocycles. The van der Waals surface area contributed by atoms with Gasteiger partial charge in [0.25, 0.3) is 5.91 Å². The van der Waals surface area contributed by atoms with Gasteiger partial charge < -0.3 is 10.0 Å². The Kier molecular flexibility index (Phi) is 5.86. The standard InChI is InChI=1S/C21H23N3O3/c1-15-6-2-4-8-18(15)21(27)24-12-10-16(11-13-24)20(26)23-22-14-17-7-3-5-9-19(17)25/h2-9,14,16,25H,10-13H2,1H3,(H,23,26)/b22-14-. The van der Waals surface area contributed by atoms with E-state index in [4.69, 9.17) is 0 Å². The second-order valence-electron chi connectivity index (χ2n) is 6.67. The van der Waals surface area contributed by atoms with Crippen molar-refractivity contribution in [1.82, 2.24) is 10.3 Å². The summed E-state index contributed by atoms with van der Waals surface area (Å²) in [6.07, 6.45) is 2.63. The molecule has 1 fully saturated rings. The quantitative estimate of drug-likeness (QED) is 0.646. The molecule has 1 heterocycles. The highest BCUT2D eigenvalue weighted by Crippen LogP contribution is 2.20. The first-order valence-corrected chi connectivity index (χ1v) is 9.02. The third kappa shape index (κ3) is 4.53. The molecule has 1 aliphatic rings. The molecule has 0 spiro atoms. The molecule has 0 radical (unpaired) electrons. The Balaban J connectivity index is 1.51. The van der Waals surface area contributed by atoms with E-state index in [1.54, 1.807) is 29.2 Å². The molecule has 0 atom stereocenters. The first-order valence-electron chi connectivity index (χ1n) is 9.02. The third-order valence-corrected chi connectivity index (χ3v) is 4.84. The number of phenolic OH excluding ortho intramolecular Hbond substituents is 1. The maximum Gasteiger partial charge on any atom is 0.254 e. The number of hydrogen-bond donors (Lipinski definition) is 2. The van der Waals surface area contributed by atoms with Crippen LogP contribution in [0, 0.1) is 12.8 Å². The minimum atomic E-state index is -0.174. The van der Waals surface area contributed by atoms with E-state index in [-0.39, 0.29) is 23.5 Å². The number of carbonyl (C=O) groups is 2. The number of piperidine rings is 1. The predicted molar refractivity (Wildman–Crippen MR) is 104 cm³/mol. The van der Waals surface area contributed by atoms with Gasteiger partial charge in [-0.15, -0.1) is 0 Å². The van der Waals surface area contributed by atoms with E-state index in [0.717, 1.165) is 5.56 Å². The van der Waals surface area contributed by atoms with Crippen molar-refractivity contribution in [2.75, 3.05) is 13.1 Å². The number of amides is 2. The molecule has 2 aromatic carbocycles. The lowest BCUT2D eigenvalue weighted by molar-refractivity contribution is -0.126. The summed E-state index contributed by atoms with van der Waals surface area (Å²) in [4.78, 5) is 26.7. The highest BCUT2D eigenvalue weighted by molar-refractivity contribution is 5.95. The monoisotopic (exact) mass is 365 g/mol. The number of phenols is 1. The van der Waals surface area contributed by atoms with Crippen molar-refractivity contribution in [2.24, 2.45) is 11.0 Å². The molecule has 6 nitrogen and oxygen atoms in total. The number of para-hydroxylation sites is 1. The Labute approximate surface area is 158 Å². The van der Waals surface area contributed by atoms with Gasteiger partial charge in [0, 0.05) is 30.1 Å². The topological polar surface area (TPSA) is 82.0 Å². The summed E-state index contributed by atoms with van der Waals surface area (Å²) in [6.45, 7) is 3.03. The van der Waals surface area contributed by atoms with Crippen molar-refractivity contribution < 1.29 is 14.7 Å². The Hall–Kier alpha value is -3.15. The molecule has 0 bridgehead atoms. The Bertz CT molecular complexity index is 855. The Morgan fingerprint density at radius 3 is 2.48 bits per heavy atom. The third-order valence-electron chi connectivity index (χ3n) is 4.84. The maximum atomic E-state index is 12.6. The average molecular weight is 365 g/mol. The highest BCUT2D eigenvalue weighted by Gasteiger charge is 2.28. The van der Waals surface area contributed by atoms with E-state index in [1.165, 1.54) is 6.21 Å². The van der Waals surface area contributed by atoms with Crippen LogP contribution < -0.4 is 5.43 Å². The molecule has 140 valence electrons. The van der Waals surface area contributed by atoms with Gasteiger partial charge in [0.1, 0.15) is 5.75 Å². The molecule has 6 heteroatoms. The lowest BCUT2D eigenvalue weighted by Gasteiger charge is -2.31. The molecule has 0 aromatic heterocycles. The zero-order chi connectivity index (χ0) is 19.2. The number of aryl methyl sites for hydroxylation is 1. The Morgan fingerprint density at radius 1 is 1.11 bits per heavy atom. The fraction of sp³-hybridized carbons (Fsp3) is 0.286. The van der Waals surface area contributed by atoms with Gasteiger partial charge in [-0.3, -0.25) is 9.59 Å². The molecule has 0 aliphatic carbocycles. The normalized spacial score (nSPS) is 15.1. The van der Waals surface area contributed by atoms with Crippen molar-refractivity contribution in [3.63, 3.8) is 0 Å². The van der Waals surface area contributed by atoms with Crippen LogP contribution in [0.1, 0.15) is 34.3 Å². The molecule has 2 amide bonds. The van der Waals surface area contributed by atoms with Gasteiger partial charge in [-0.2, -0.15) is 5.10 Å². The number of rotatable bonds is 4. The minimum Gasteiger partial charge on any atom is -0.507 e. The van der Waals surface area contributed by atoms with Crippen molar-refractivity contribution in [3.8, 4) is 5.75 Å². The molecule has 27 heavy (non-hydrogen) atoms. The van der Waals surface area contributed by atoms with E-state index in [0.29, 0.717) is 37.1 Å². The zero-order valence-electron chi connectivity index (χ0n) is 15.3. The summed E-state index contributed by atoms with van der Waals surface area (Å²) >= 11 is 0. The number of hydrogen-bond acceptors (Lipinski definition) is 4. The summed E-state index contributed by atoms with van der Waals surface area (Å²) < 4.78 is 0. The van der Waals surface area contributed by atoms with Crippen LogP contribution in [-0.4, -0.2) is 41.1 Å². The number of nitrogens with one attached hydrogen (secondary N) is 1. The van der Waals surface area contributed by atoms with Crippen LogP contribution in [0.25, 0.3) is 0 Å². The summed E-state index contributed by atoms with van der Waals surface area (Å²) in [5.41, 5.74) is 4.74. The van der Waals surface area contributed by atoms with Gasteiger partial charge in [0.2, 0.25) is 5.91 Å². The fourth-order valence-corrected chi connectivity index (χ4v) is 3.18. The zero-order valence-corrected chi connectivity index (χ0v) is 15.3. The lowest BCUT2D eigenvalue weighted by atomic mass is 9.95. The Morgan fingerprint density at radius 2 is 1.78 bits per heavy atom. The molecule has 3 rings (SSSR count). The SMILES string of the molecule is Cc1ccccc1C(=O)N1CCC(C(=O)N/N=C\c2ccccc2O)CC1. The summed E-state index contributed by atoms with van der Waals surface area (Å²) in [6, 6.07) is 14.3. The summed E-state index contributed by atoms with van der Waals surface area (Å²) in [5.74, 6) is -0.208. The van der Waals surface area contributed by atoms with Gasteiger partial charge in [-0.25, -0.2) is 5.43 Å². The van der Waals surface area contributed by atoms with Crippen molar-refractivity contribution >= 4 is 18.0 Å². The van der Waals surface area contributed by atoms with Crippen LogP contribution in [0.15, 0.2) is 53.6 Å². The summed E-state index contributed by atoms with van der Waals surface area (Å²) in [7, 11) is 0. The molecule has 1 aliphatic heterocycles. The van der Waals surface area contributed by atoms with E-state index < -0.39 is 0 Å². The fourth-order valence-electron chi connectivity index (χ4n) is 3.18. The first-order chi connectivity index (χ1) is 13.1. The van der Waals surface area contributed by atoms with E-state index in [1.807, 2.05) is 31.2 Å². The lowest BCUT2D eigenvalue weighted by Crippen LogP contribution is -2.42. The maximum absolute atomic E-state index is 12.6. The van der Waals surface area contributed by atoms with Crippen LogP contribution in [0.3, 0.4) is 0 Å². The van der Waals surface area contributed by atoms with Crippen LogP contribution in [0.5, 0.6) is 5.75 Å². The number of hydrazone groups is 1. The van der Waals surface area contributed by atoms with Crippen LogP contribution in [-0.2, 0) is 4.79 Å². The second-order valence-corrected chi connectivity index (χ2v) is 6.67. The number of aromatic hydroxyl groups is 1. The van der Waals surface area contributed by atoms with Crippen molar-refractivity contribution in [1.29, 1.82) is 0 Å². The van der Waals surface area contributed by atoms with E-state index >= 15 is 0 Å². The number of likely N-dealkylation sites (tertiary alicyclic amines) is 1. The predicted octanol–water partition coefficient (Wildman–Crippen LogP) is 2.70. The van der Waals surface area contributed by atoms with Gasteiger partial charge in [0.05, 0.1) is 6.21 Å². The largest absolute Gasteiger partial charge is 0.507 e. The second kappa shape index (κ2) is 8.49. The molecule has 1 saturated heterocycles. The smallest absolute Gasteiger partial charge is 0.254 e. The molecule has 2 aromatic rings. The van der Waals surface area contributed by atoms with Gasteiger partial charge in [0.15, 0.2) is 0 Å². The van der Waals surface area contributed by atoms with E-state index in [9.17, 15) is 14.7 Å². The minimum absolute atomic E-state index is 0.0181. The number of nitrogens with zero attached hydrogens (tertiary/aromatic N) is 2. The highest BCUT2D eigenvalue weighted by atomic mass is 16.3. The molecular weight excluding hydrogens is 342 g/mol. The summed E-state index contributed by atoms with van der Waals surface area (Å²) in [5, 5.41) is 13.6. The molecular formula is C21H23N3O3. The van der Waals surface area contributed by atoms with Crippen LogP contribution in [0.2, 0.25) is 0 Å². The molecule has 0 unspecified atom stereocenters. The van der Waals surface area contributed by atoms with Crippen molar-refractivity contribution in [3.05, 3.63) is 65.2 Å². The first kappa shape index (κ1) is 18.6. The van der Waals surface area contributed by atoms with Gasteiger partial charge in [-0.1, -0.05) is 30.3 Å². The number of carbonyl (C=O) groups excluding carboxylic acids is 2. The average Bonchev–Trinajstić information content (AvgIpc) is 2.69. The van der Waals surface area contributed by atoms with E-state index in [2.05, 4.69) is 10.5 Å². The number of benzene rings is 2.